The van der Waals surface area contributed by atoms with Crippen molar-refractivity contribution in [1.29, 1.82) is 0 Å². The first-order valence-electron chi connectivity index (χ1n) is 6.40. The topological polar surface area (TPSA) is 41.3 Å². The molecule has 94 valence electrons. The zero-order valence-electron chi connectivity index (χ0n) is 10.8. The van der Waals surface area contributed by atoms with E-state index in [2.05, 4.69) is 48.6 Å². The lowest BCUT2D eigenvalue weighted by Gasteiger charge is -2.19. The van der Waals surface area contributed by atoms with Crippen LogP contribution in [0, 0.1) is 0 Å². The molecular formula is C14H23N3. The predicted molar refractivity (Wildman–Crippen MR) is 73.1 cm³/mol. The molecule has 1 aliphatic carbocycles. The smallest absolute Gasteiger partial charge is 0.0388 e. The molecule has 1 fully saturated rings. The molecule has 3 N–H and O–H groups in total. The van der Waals surface area contributed by atoms with Crippen molar-refractivity contribution >= 4 is 5.69 Å². The Kier molecular flexibility index (Phi) is 4.02. The molecule has 1 aliphatic rings. The Balaban J connectivity index is 2.04. The van der Waals surface area contributed by atoms with Crippen molar-refractivity contribution in [2.75, 3.05) is 19.4 Å². The average molecular weight is 233 g/mol. The van der Waals surface area contributed by atoms with Gasteiger partial charge in [-0.25, -0.2) is 0 Å². The first-order valence-corrected chi connectivity index (χ1v) is 6.40. The van der Waals surface area contributed by atoms with Gasteiger partial charge in [0.2, 0.25) is 0 Å². The summed E-state index contributed by atoms with van der Waals surface area (Å²) in [6, 6.07) is 9.49. The molecule has 17 heavy (non-hydrogen) atoms. The number of hydrogen-bond acceptors (Lipinski definition) is 3. The molecule has 0 aromatic heterocycles. The highest BCUT2D eigenvalue weighted by Crippen LogP contribution is 2.24. The highest BCUT2D eigenvalue weighted by atomic mass is 15.1. The molecule has 0 amide bonds. The molecule has 2 rings (SSSR count). The first kappa shape index (κ1) is 12.4. The van der Waals surface area contributed by atoms with Gasteiger partial charge in [0.15, 0.2) is 0 Å². The highest BCUT2D eigenvalue weighted by molar-refractivity contribution is 5.51. The highest BCUT2D eigenvalue weighted by Gasteiger charge is 2.21. The van der Waals surface area contributed by atoms with Crippen molar-refractivity contribution in [3.05, 3.63) is 29.8 Å². The van der Waals surface area contributed by atoms with E-state index in [-0.39, 0.29) is 0 Å². The molecule has 3 nitrogen and oxygen atoms in total. The van der Waals surface area contributed by atoms with Crippen molar-refractivity contribution in [3.8, 4) is 0 Å². The Labute approximate surface area is 104 Å². The predicted octanol–water partition coefficient (Wildman–Crippen LogP) is 2.04. The molecule has 1 aromatic rings. The molecule has 0 heterocycles. The second-order valence-electron chi connectivity index (χ2n) is 5.31. The fourth-order valence-electron chi connectivity index (χ4n) is 2.51. The molecule has 0 radical (unpaired) electrons. The van der Waals surface area contributed by atoms with Crippen LogP contribution in [0.1, 0.15) is 24.8 Å². The third-order valence-corrected chi connectivity index (χ3v) is 3.34. The van der Waals surface area contributed by atoms with E-state index in [1.807, 2.05) is 0 Å². The number of anilines is 1. The normalized spacial score (nSPS) is 24.2. The number of nitrogens with two attached hydrogens (primary N) is 1. The lowest BCUT2D eigenvalue weighted by molar-refractivity contribution is 0.403. The number of hydrogen-bond donors (Lipinski definition) is 2. The van der Waals surface area contributed by atoms with E-state index in [1.165, 1.54) is 17.7 Å². The number of rotatable bonds is 4. The van der Waals surface area contributed by atoms with Crippen molar-refractivity contribution in [1.82, 2.24) is 4.90 Å². The monoisotopic (exact) mass is 233 g/mol. The summed E-state index contributed by atoms with van der Waals surface area (Å²) < 4.78 is 0. The Morgan fingerprint density at radius 1 is 1.29 bits per heavy atom. The van der Waals surface area contributed by atoms with Crippen LogP contribution >= 0.6 is 0 Å². The summed E-state index contributed by atoms with van der Waals surface area (Å²) >= 11 is 0. The van der Waals surface area contributed by atoms with E-state index in [9.17, 15) is 0 Å². The second kappa shape index (κ2) is 5.52. The largest absolute Gasteiger partial charge is 0.382 e. The molecule has 0 spiro atoms. The third kappa shape index (κ3) is 3.45. The maximum atomic E-state index is 5.95. The van der Waals surface area contributed by atoms with E-state index in [4.69, 9.17) is 5.73 Å². The van der Waals surface area contributed by atoms with Crippen LogP contribution in [0.2, 0.25) is 0 Å². The van der Waals surface area contributed by atoms with Crippen molar-refractivity contribution < 1.29 is 0 Å². The molecule has 2 unspecified atom stereocenters. The van der Waals surface area contributed by atoms with Gasteiger partial charge in [0.1, 0.15) is 0 Å². The van der Waals surface area contributed by atoms with Crippen LogP contribution in [0.25, 0.3) is 0 Å². The standard InChI is InChI=1S/C14H23N3/c1-17(2)10-11-5-3-4-6-14(11)16-13-8-7-12(15)9-13/h3-6,12-13,16H,7-10,15H2,1-2H3. The minimum atomic E-state index is 0.383. The molecular weight excluding hydrogens is 210 g/mol. The summed E-state index contributed by atoms with van der Waals surface area (Å²) in [7, 11) is 4.20. The molecule has 1 aromatic carbocycles. The lowest BCUT2D eigenvalue weighted by Crippen LogP contribution is -2.22. The zero-order valence-corrected chi connectivity index (χ0v) is 10.8. The molecule has 0 aliphatic heterocycles. The average Bonchev–Trinajstić information content (AvgIpc) is 2.66. The van der Waals surface area contributed by atoms with Crippen molar-refractivity contribution in [3.63, 3.8) is 0 Å². The van der Waals surface area contributed by atoms with Crippen molar-refractivity contribution in [2.45, 2.75) is 37.9 Å². The lowest BCUT2D eigenvalue weighted by atomic mass is 10.1. The van der Waals surface area contributed by atoms with Gasteiger partial charge in [-0.15, -0.1) is 0 Å². The van der Waals surface area contributed by atoms with Gasteiger partial charge in [-0.05, 0) is 45.0 Å². The van der Waals surface area contributed by atoms with E-state index >= 15 is 0 Å². The molecule has 0 bridgehead atoms. The van der Waals surface area contributed by atoms with E-state index < -0.39 is 0 Å². The molecule has 0 saturated heterocycles. The fourth-order valence-corrected chi connectivity index (χ4v) is 2.51. The Morgan fingerprint density at radius 3 is 2.71 bits per heavy atom. The number of para-hydroxylation sites is 1. The van der Waals surface area contributed by atoms with Gasteiger partial charge < -0.3 is 16.0 Å². The number of nitrogens with zero attached hydrogens (tertiary/aromatic N) is 1. The molecule has 2 atom stereocenters. The first-order chi connectivity index (χ1) is 8.15. The molecule has 1 saturated carbocycles. The van der Waals surface area contributed by atoms with Gasteiger partial charge in [0.05, 0.1) is 0 Å². The van der Waals surface area contributed by atoms with Gasteiger partial charge in [-0.2, -0.15) is 0 Å². The van der Waals surface area contributed by atoms with Crippen LogP contribution in [-0.2, 0) is 6.54 Å². The zero-order chi connectivity index (χ0) is 12.3. The SMILES string of the molecule is CN(C)Cc1ccccc1NC1CCC(N)C1. The van der Waals surface area contributed by atoms with Gasteiger partial charge >= 0.3 is 0 Å². The van der Waals surface area contributed by atoms with Crippen LogP contribution in [0.15, 0.2) is 24.3 Å². The van der Waals surface area contributed by atoms with Crippen LogP contribution in [0.4, 0.5) is 5.69 Å². The summed E-state index contributed by atoms with van der Waals surface area (Å²) in [5.74, 6) is 0. The van der Waals surface area contributed by atoms with Crippen molar-refractivity contribution in [2.24, 2.45) is 5.73 Å². The summed E-state index contributed by atoms with van der Waals surface area (Å²) in [4.78, 5) is 2.20. The minimum absolute atomic E-state index is 0.383. The minimum Gasteiger partial charge on any atom is -0.382 e. The van der Waals surface area contributed by atoms with Crippen LogP contribution in [0.3, 0.4) is 0 Å². The summed E-state index contributed by atoms with van der Waals surface area (Å²) in [6.45, 7) is 0.974. The Hall–Kier alpha value is -1.06. The maximum Gasteiger partial charge on any atom is 0.0388 e. The van der Waals surface area contributed by atoms with E-state index in [0.29, 0.717) is 12.1 Å². The third-order valence-electron chi connectivity index (χ3n) is 3.34. The summed E-state index contributed by atoms with van der Waals surface area (Å²) in [6.07, 6.45) is 3.43. The quantitative estimate of drug-likeness (QED) is 0.836. The van der Waals surface area contributed by atoms with Gasteiger partial charge in [0.25, 0.3) is 0 Å². The van der Waals surface area contributed by atoms with Crippen LogP contribution in [-0.4, -0.2) is 31.1 Å². The molecule has 3 heteroatoms. The van der Waals surface area contributed by atoms with E-state index in [1.54, 1.807) is 0 Å². The Morgan fingerprint density at radius 2 is 2.06 bits per heavy atom. The summed E-state index contributed by atoms with van der Waals surface area (Å²) in [5.41, 5.74) is 8.57. The number of nitrogens with one attached hydrogen (secondary N) is 1. The second-order valence-corrected chi connectivity index (χ2v) is 5.31. The van der Waals surface area contributed by atoms with Gasteiger partial charge in [0, 0.05) is 24.3 Å². The fraction of sp³-hybridized carbons (Fsp3) is 0.571. The maximum absolute atomic E-state index is 5.95. The van der Waals surface area contributed by atoms with Crippen LogP contribution in [0.5, 0.6) is 0 Å². The van der Waals surface area contributed by atoms with Gasteiger partial charge in [-0.3, -0.25) is 0 Å². The van der Waals surface area contributed by atoms with Gasteiger partial charge in [-0.1, -0.05) is 18.2 Å². The number of benzene rings is 1. The van der Waals surface area contributed by atoms with Crippen LogP contribution < -0.4 is 11.1 Å². The van der Waals surface area contributed by atoms with E-state index in [0.717, 1.165) is 19.4 Å². The summed E-state index contributed by atoms with van der Waals surface area (Å²) in [5, 5.41) is 3.64. The Bertz CT molecular complexity index is 362.